The molecule has 92 valence electrons. The van der Waals surface area contributed by atoms with E-state index in [1.165, 1.54) is 13.0 Å². The lowest BCUT2D eigenvalue weighted by Gasteiger charge is -2.10. The number of halogens is 2. The van der Waals surface area contributed by atoms with Gasteiger partial charge in [0.2, 0.25) is 5.91 Å². The van der Waals surface area contributed by atoms with Gasteiger partial charge in [-0.25, -0.2) is 8.78 Å². The third-order valence-corrected chi connectivity index (χ3v) is 2.34. The van der Waals surface area contributed by atoms with Gasteiger partial charge in [0.25, 0.3) is 0 Å². The monoisotopic (exact) mass is 241 g/mol. The fourth-order valence-electron chi connectivity index (χ4n) is 1.23. The lowest BCUT2D eigenvalue weighted by atomic mass is 10.1. The largest absolute Gasteiger partial charge is 0.346 e. The highest BCUT2D eigenvalue weighted by Gasteiger charge is 2.12. The van der Waals surface area contributed by atoms with E-state index in [0.29, 0.717) is 5.56 Å². The number of ketones is 1. The minimum Gasteiger partial charge on any atom is -0.346 e. The van der Waals surface area contributed by atoms with Crippen molar-refractivity contribution in [1.29, 1.82) is 0 Å². The van der Waals surface area contributed by atoms with Crippen molar-refractivity contribution in [3.8, 4) is 0 Å². The van der Waals surface area contributed by atoms with Crippen molar-refractivity contribution >= 4 is 11.7 Å². The molecule has 1 N–H and O–H groups in total. The molecule has 0 saturated heterocycles. The van der Waals surface area contributed by atoms with Crippen LogP contribution in [0.5, 0.6) is 0 Å². The molecule has 1 atom stereocenters. The summed E-state index contributed by atoms with van der Waals surface area (Å²) >= 11 is 0. The predicted octanol–water partition coefficient (Wildman–Crippen LogP) is 1.60. The maximum absolute atomic E-state index is 12.9. The average molecular weight is 241 g/mol. The van der Waals surface area contributed by atoms with Crippen LogP contribution in [0.4, 0.5) is 8.78 Å². The Labute approximate surface area is 97.8 Å². The van der Waals surface area contributed by atoms with Gasteiger partial charge >= 0.3 is 0 Å². The van der Waals surface area contributed by atoms with Crippen LogP contribution in [-0.4, -0.2) is 17.7 Å². The van der Waals surface area contributed by atoms with Gasteiger partial charge in [-0.1, -0.05) is 6.07 Å². The van der Waals surface area contributed by atoms with Crippen LogP contribution >= 0.6 is 0 Å². The second-order valence-electron chi connectivity index (χ2n) is 3.83. The minimum atomic E-state index is -0.991. The molecule has 1 amide bonds. The fraction of sp³-hybridized carbons (Fsp3) is 0.333. The van der Waals surface area contributed by atoms with Crippen molar-refractivity contribution in [2.45, 2.75) is 26.3 Å². The molecular formula is C12H13F2NO2. The van der Waals surface area contributed by atoms with Gasteiger partial charge in [-0.2, -0.15) is 0 Å². The topological polar surface area (TPSA) is 46.2 Å². The van der Waals surface area contributed by atoms with E-state index in [1.807, 2.05) is 0 Å². The number of amides is 1. The molecule has 0 aliphatic rings. The third-order valence-electron chi connectivity index (χ3n) is 2.34. The Morgan fingerprint density at radius 3 is 2.47 bits per heavy atom. The van der Waals surface area contributed by atoms with E-state index in [4.69, 9.17) is 0 Å². The summed E-state index contributed by atoms with van der Waals surface area (Å²) in [5.41, 5.74) is 0.358. The summed E-state index contributed by atoms with van der Waals surface area (Å²) in [4.78, 5) is 22.4. The molecule has 1 rings (SSSR count). The number of Topliss-reactive ketones (excluding diaryl/α,β-unsaturated/α-hetero) is 1. The number of nitrogens with one attached hydrogen (secondary N) is 1. The molecule has 0 fully saturated rings. The van der Waals surface area contributed by atoms with Crippen LogP contribution < -0.4 is 5.32 Å². The van der Waals surface area contributed by atoms with Crippen LogP contribution in [-0.2, 0) is 16.0 Å². The number of hydrogen-bond donors (Lipinski definition) is 1. The van der Waals surface area contributed by atoms with Crippen molar-refractivity contribution in [3.05, 3.63) is 35.4 Å². The van der Waals surface area contributed by atoms with E-state index in [-0.39, 0.29) is 12.2 Å². The van der Waals surface area contributed by atoms with E-state index < -0.39 is 23.6 Å². The van der Waals surface area contributed by atoms with Gasteiger partial charge in [0, 0.05) is 0 Å². The van der Waals surface area contributed by atoms with Gasteiger partial charge in [-0.3, -0.25) is 9.59 Å². The lowest BCUT2D eigenvalue weighted by molar-refractivity contribution is -0.126. The maximum Gasteiger partial charge on any atom is 0.224 e. The molecule has 1 aromatic carbocycles. The maximum atomic E-state index is 12.9. The second-order valence-corrected chi connectivity index (χ2v) is 3.83. The molecule has 3 nitrogen and oxygen atoms in total. The Kier molecular flexibility index (Phi) is 4.31. The van der Waals surface area contributed by atoms with Gasteiger partial charge < -0.3 is 5.32 Å². The van der Waals surface area contributed by atoms with E-state index in [2.05, 4.69) is 5.32 Å². The highest BCUT2D eigenvalue weighted by Crippen LogP contribution is 2.09. The molecule has 0 bridgehead atoms. The summed E-state index contributed by atoms with van der Waals surface area (Å²) in [6.45, 7) is 2.92. The SMILES string of the molecule is CC(=O)C(C)NC(=O)Cc1ccc(F)c(F)c1. The molecular weight excluding hydrogens is 228 g/mol. The molecule has 0 aliphatic heterocycles. The standard InChI is InChI=1S/C12H13F2NO2/c1-7(8(2)16)15-12(17)6-9-3-4-10(13)11(14)5-9/h3-5,7H,6H2,1-2H3,(H,15,17). The van der Waals surface area contributed by atoms with Crippen molar-refractivity contribution in [1.82, 2.24) is 5.32 Å². The fourth-order valence-corrected chi connectivity index (χ4v) is 1.23. The Bertz CT molecular complexity index is 446. The first-order valence-electron chi connectivity index (χ1n) is 5.14. The molecule has 0 aliphatic carbocycles. The molecule has 0 aromatic heterocycles. The van der Waals surface area contributed by atoms with Crippen LogP contribution in [0, 0.1) is 11.6 Å². The van der Waals surface area contributed by atoms with E-state index in [1.54, 1.807) is 6.92 Å². The molecule has 1 unspecified atom stereocenters. The van der Waals surface area contributed by atoms with Crippen LogP contribution in [0.3, 0.4) is 0 Å². The van der Waals surface area contributed by atoms with Crippen molar-refractivity contribution in [2.24, 2.45) is 0 Å². The van der Waals surface area contributed by atoms with Crippen molar-refractivity contribution in [3.63, 3.8) is 0 Å². The van der Waals surface area contributed by atoms with E-state index >= 15 is 0 Å². The molecule has 0 spiro atoms. The quantitative estimate of drug-likeness (QED) is 0.870. The lowest BCUT2D eigenvalue weighted by Crippen LogP contribution is -2.38. The minimum absolute atomic E-state index is 0.0885. The summed E-state index contributed by atoms with van der Waals surface area (Å²) < 4.78 is 25.5. The normalized spacial score (nSPS) is 12.0. The first kappa shape index (κ1) is 13.3. The van der Waals surface area contributed by atoms with Crippen LogP contribution in [0.2, 0.25) is 0 Å². The smallest absolute Gasteiger partial charge is 0.224 e. The Morgan fingerprint density at radius 1 is 1.29 bits per heavy atom. The molecule has 1 aromatic rings. The van der Waals surface area contributed by atoms with Crippen molar-refractivity contribution < 1.29 is 18.4 Å². The molecule has 0 saturated carbocycles. The Morgan fingerprint density at radius 2 is 1.94 bits per heavy atom. The van der Waals surface area contributed by atoms with Crippen molar-refractivity contribution in [2.75, 3.05) is 0 Å². The molecule has 17 heavy (non-hydrogen) atoms. The predicted molar refractivity (Wildman–Crippen MR) is 58.3 cm³/mol. The molecule has 0 heterocycles. The number of carbonyl (C=O) groups excluding carboxylic acids is 2. The zero-order valence-electron chi connectivity index (χ0n) is 9.59. The number of hydrogen-bond acceptors (Lipinski definition) is 2. The Balaban J connectivity index is 2.62. The first-order chi connectivity index (χ1) is 7.90. The summed E-state index contributed by atoms with van der Waals surface area (Å²) in [5.74, 6) is -2.51. The van der Waals surface area contributed by atoms with E-state index in [0.717, 1.165) is 12.1 Å². The zero-order valence-corrected chi connectivity index (χ0v) is 9.59. The summed E-state index contributed by atoms with van der Waals surface area (Å²) in [7, 11) is 0. The summed E-state index contributed by atoms with van der Waals surface area (Å²) in [6.07, 6.45) is -0.0885. The van der Waals surface area contributed by atoms with Gasteiger partial charge in [0.1, 0.15) is 0 Å². The second kappa shape index (κ2) is 5.52. The average Bonchev–Trinajstić information content (AvgIpc) is 2.23. The summed E-state index contributed by atoms with van der Waals surface area (Å²) in [5, 5.41) is 2.46. The van der Waals surface area contributed by atoms with Gasteiger partial charge in [-0.15, -0.1) is 0 Å². The summed E-state index contributed by atoms with van der Waals surface area (Å²) in [6, 6.07) is 2.68. The number of benzene rings is 1. The van der Waals surface area contributed by atoms with Crippen LogP contribution in [0.1, 0.15) is 19.4 Å². The molecule has 5 heteroatoms. The van der Waals surface area contributed by atoms with Gasteiger partial charge in [-0.05, 0) is 31.5 Å². The number of carbonyl (C=O) groups is 2. The van der Waals surface area contributed by atoms with Gasteiger partial charge in [0.05, 0.1) is 12.5 Å². The Hall–Kier alpha value is -1.78. The highest BCUT2D eigenvalue weighted by molar-refractivity contribution is 5.87. The third kappa shape index (κ3) is 3.94. The van der Waals surface area contributed by atoms with E-state index in [9.17, 15) is 18.4 Å². The number of rotatable bonds is 4. The van der Waals surface area contributed by atoms with Crippen LogP contribution in [0.15, 0.2) is 18.2 Å². The highest BCUT2D eigenvalue weighted by atomic mass is 19.2. The molecule has 0 radical (unpaired) electrons. The zero-order chi connectivity index (χ0) is 13.0. The first-order valence-corrected chi connectivity index (χ1v) is 5.14. The van der Waals surface area contributed by atoms with Gasteiger partial charge in [0.15, 0.2) is 17.4 Å². The van der Waals surface area contributed by atoms with Crippen LogP contribution in [0.25, 0.3) is 0 Å².